The van der Waals surface area contributed by atoms with Crippen molar-refractivity contribution in [2.75, 3.05) is 13.7 Å². The van der Waals surface area contributed by atoms with E-state index in [0.29, 0.717) is 40.5 Å². The molecule has 248 valence electrons. The van der Waals surface area contributed by atoms with Crippen LogP contribution in [-0.4, -0.2) is 60.8 Å². The Morgan fingerprint density at radius 1 is 1.04 bits per heavy atom. The second-order valence-corrected chi connectivity index (χ2v) is 18.3. The highest BCUT2D eigenvalue weighted by molar-refractivity contribution is 6.76. The first-order chi connectivity index (χ1) is 22.3. The van der Waals surface area contributed by atoms with Crippen LogP contribution in [0, 0.1) is 5.82 Å². The van der Waals surface area contributed by atoms with Crippen LogP contribution in [0.25, 0.3) is 33.9 Å². The van der Waals surface area contributed by atoms with E-state index in [-0.39, 0.29) is 36.7 Å². The van der Waals surface area contributed by atoms with Crippen molar-refractivity contribution < 1.29 is 31.8 Å². The minimum Gasteiger partial charge on any atom is -0.480 e. The van der Waals surface area contributed by atoms with E-state index in [0.717, 1.165) is 41.4 Å². The Bertz CT molecular complexity index is 1920. The number of nitrogens with zero attached hydrogens (tertiary/aromatic N) is 8. The molecule has 6 rings (SSSR count). The van der Waals surface area contributed by atoms with Crippen LogP contribution in [-0.2, 0) is 31.3 Å². The summed E-state index contributed by atoms with van der Waals surface area (Å²) in [6.45, 7) is 7.60. The zero-order chi connectivity index (χ0) is 33.5. The van der Waals surface area contributed by atoms with E-state index >= 15 is 4.39 Å². The van der Waals surface area contributed by atoms with E-state index in [1.54, 1.807) is 0 Å². The maximum absolute atomic E-state index is 15.2. The molecular formula is C31H34F4N8O3Si. The van der Waals surface area contributed by atoms with Gasteiger partial charge < -0.3 is 23.3 Å². The molecule has 1 aliphatic rings. The summed E-state index contributed by atoms with van der Waals surface area (Å²) in [5, 5.41) is 0.601. The van der Waals surface area contributed by atoms with Crippen molar-refractivity contribution in [3.05, 3.63) is 59.8 Å². The van der Waals surface area contributed by atoms with E-state index in [1.807, 2.05) is 16.8 Å². The molecule has 0 unspecified atom stereocenters. The normalized spacial score (nSPS) is 13.8. The van der Waals surface area contributed by atoms with Crippen molar-refractivity contribution in [1.82, 2.24) is 39.0 Å². The minimum atomic E-state index is -4.67. The highest BCUT2D eigenvalue weighted by Gasteiger charge is 2.35. The molecule has 5 aromatic rings. The van der Waals surface area contributed by atoms with Crippen LogP contribution in [0.2, 0.25) is 25.7 Å². The maximum atomic E-state index is 15.2. The Kier molecular flexibility index (Phi) is 8.73. The Labute approximate surface area is 269 Å². The van der Waals surface area contributed by atoms with Gasteiger partial charge in [0.2, 0.25) is 11.8 Å². The SMILES string of the molecule is COc1ncnc(C2CC2)c1-c1nc(OCc2cnc(-c3nc(C(F)(F)F)cn3C)c(F)c2)c2ccn(COCC[Si](C)(C)C)c2n1. The number of rotatable bonds is 12. The van der Waals surface area contributed by atoms with Crippen LogP contribution in [0.3, 0.4) is 0 Å². The fourth-order valence-corrected chi connectivity index (χ4v) is 5.77. The van der Waals surface area contributed by atoms with Gasteiger partial charge in [-0.1, -0.05) is 19.6 Å². The lowest BCUT2D eigenvalue weighted by Crippen LogP contribution is -2.22. The molecule has 0 radical (unpaired) electrons. The summed E-state index contributed by atoms with van der Waals surface area (Å²) in [4.78, 5) is 26.1. The first-order valence-electron chi connectivity index (χ1n) is 15.0. The molecule has 16 heteroatoms. The van der Waals surface area contributed by atoms with Crippen molar-refractivity contribution in [2.24, 2.45) is 7.05 Å². The number of halogens is 4. The third-order valence-electron chi connectivity index (χ3n) is 7.69. The Hall–Kier alpha value is -4.44. The predicted octanol–water partition coefficient (Wildman–Crippen LogP) is 6.62. The number of pyridine rings is 1. The zero-order valence-electron chi connectivity index (χ0n) is 26.6. The highest BCUT2D eigenvalue weighted by atomic mass is 28.3. The first-order valence-corrected chi connectivity index (χ1v) is 18.7. The number of aromatic nitrogens is 8. The molecule has 5 aromatic heterocycles. The Morgan fingerprint density at radius 2 is 1.83 bits per heavy atom. The fourth-order valence-electron chi connectivity index (χ4n) is 5.01. The number of methoxy groups -OCH3 is 1. The fraction of sp³-hybridized carbons (Fsp3) is 0.419. The van der Waals surface area contributed by atoms with Gasteiger partial charge in [0.15, 0.2) is 23.2 Å². The summed E-state index contributed by atoms with van der Waals surface area (Å²) in [5.74, 6) is 0.0141. The molecule has 1 aliphatic carbocycles. The summed E-state index contributed by atoms with van der Waals surface area (Å²) in [7, 11) is 1.58. The molecule has 1 fully saturated rings. The van der Waals surface area contributed by atoms with Gasteiger partial charge in [-0.3, -0.25) is 0 Å². The number of imidazole rings is 1. The van der Waals surface area contributed by atoms with Crippen molar-refractivity contribution in [1.29, 1.82) is 0 Å². The molecule has 0 saturated heterocycles. The van der Waals surface area contributed by atoms with Crippen molar-refractivity contribution >= 4 is 19.1 Å². The van der Waals surface area contributed by atoms with Gasteiger partial charge in [-0.25, -0.2) is 29.3 Å². The highest BCUT2D eigenvalue weighted by Crippen LogP contribution is 2.45. The number of hydrogen-bond donors (Lipinski definition) is 0. The average molecular weight is 671 g/mol. The third-order valence-corrected chi connectivity index (χ3v) is 9.39. The quantitative estimate of drug-likeness (QED) is 0.0821. The van der Waals surface area contributed by atoms with E-state index in [4.69, 9.17) is 24.2 Å². The lowest BCUT2D eigenvalue weighted by Gasteiger charge is -2.16. The Morgan fingerprint density at radius 3 is 2.49 bits per heavy atom. The molecular weight excluding hydrogens is 636 g/mol. The molecule has 47 heavy (non-hydrogen) atoms. The topological polar surface area (TPSA) is 115 Å². The van der Waals surface area contributed by atoms with Gasteiger partial charge in [-0.15, -0.1) is 0 Å². The van der Waals surface area contributed by atoms with Crippen molar-refractivity contribution in [2.45, 2.75) is 64.0 Å². The van der Waals surface area contributed by atoms with E-state index in [1.165, 1.54) is 26.7 Å². The summed E-state index contributed by atoms with van der Waals surface area (Å²) >= 11 is 0. The zero-order valence-corrected chi connectivity index (χ0v) is 27.6. The summed E-state index contributed by atoms with van der Waals surface area (Å²) in [6, 6.07) is 3.98. The molecule has 1 saturated carbocycles. The van der Waals surface area contributed by atoms with Crippen LogP contribution < -0.4 is 9.47 Å². The lowest BCUT2D eigenvalue weighted by atomic mass is 10.1. The third kappa shape index (κ3) is 7.12. The molecule has 0 aromatic carbocycles. The first kappa shape index (κ1) is 32.5. The lowest BCUT2D eigenvalue weighted by molar-refractivity contribution is -0.140. The molecule has 0 spiro atoms. The van der Waals surface area contributed by atoms with Gasteiger partial charge in [0.1, 0.15) is 36.6 Å². The van der Waals surface area contributed by atoms with E-state index in [9.17, 15) is 13.2 Å². The molecule has 0 bridgehead atoms. The van der Waals surface area contributed by atoms with Crippen LogP contribution in [0.1, 0.15) is 35.7 Å². The van der Waals surface area contributed by atoms with Crippen LogP contribution >= 0.6 is 0 Å². The van der Waals surface area contributed by atoms with Gasteiger partial charge in [-0.2, -0.15) is 18.2 Å². The van der Waals surface area contributed by atoms with Gasteiger partial charge in [0, 0.05) is 51.8 Å². The van der Waals surface area contributed by atoms with Gasteiger partial charge in [-0.05, 0) is 31.0 Å². The van der Waals surface area contributed by atoms with Crippen molar-refractivity contribution in [3.63, 3.8) is 0 Å². The maximum Gasteiger partial charge on any atom is 0.434 e. The molecule has 0 aliphatic heterocycles. The minimum absolute atomic E-state index is 0.139. The van der Waals surface area contributed by atoms with Crippen LogP contribution in [0.15, 0.2) is 37.1 Å². The standard InChI is InChI=1S/C31H34F4N8O3Si/c1-42-14-22(31(33,34)35)39-28(42)25-21(32)12-18(13-36-25)15-46-29-20-8-9-43(17-45-10-11-47(3,4)5)27(20)40-26(41-29)23-24(19-6-7-19)37-16-38-30(23)44-2/h8-9,12-14,16,19H,6-7,10-11,15,17H2,1-5H3. The average Bonchev–Trinajstić information content (AvgIpc) is 3.67. The summed E-state index contributed by atoms with van der Waals surface area (Å²) < 4.78 is 75.4. The number of fused-ring (bicyclic) bond motifs is 1. The van der Waals surface area contributed by atoms with Gasteiger partial charge in [0.05, 0.1) is 18.2 Å². The second kappa shape index (κ2) is 12.6. The smallest absolute Gasteiger partial charge is 0.434 e. The van der Waals surface area contributed by atoms with E-state index < -0.39 is 25.8 Å². The molecule has 0 N–H and O–H groups in total. The van der Waals surface area contributed by atoms with E-state index in [2.05, 4.69) is 39.6 Å². The molecule has 0 atom stereocenters. The number of alkyl halides is 3. The van der Waals surface area contributed by atoms with Crippen molar-refractivity contribution in [3.8, 4) is 34.7 Å². The molecule has 0 amide bonds. The molecule has 5 heterocycles. The Balaban J connectivity index is 1.33. The van der Waals surface area contributed by atoms with Gasteiger partial charge in [0.25, 0.3) is 0 Å². The second-order valence-electron chi connectivity index (χ2n) is 12.7. The molecule has 11 nitrogen and oxygen atoms in total. The monoisotopic (exact) mass is 670 g/mol. The number of aryl methyl sites for hydroxylation is 1. The summed E-state index contributed by atoms with van der Waals surface area (Å²) in [6.07, 6.45) is 2.70. The van der Waals surface area contributed by atoms with Gasteiger partial charge >= 0.3 is 6.18 Å². The predicted molar refractivity (Wildman–Crippen MR) is 167 cm³/mol. The summed E-state index contributed by atoms with van der Waals surface area (Å²) in [5.41, 5.74) is 0.802. The largest absolute Gasteiger partial charge is 0.480 e. The van der Waals surface area contributed by atoms with Crippen LogP contribution in [0.4, 0.5) is 17.6 Å². The number of hydrogen-bond acceptors (Lipinski definition) is 9. The number of ether oxygens (including phenoxy) is 3. The van der Waals surface area contributed by atoms with Crippen LogP contribution in [0.5, 0.6) is 11.8 Å².